The van der Waals surface area contributed by atoms with Crippen molar-refractivity contribution in [1.82, 2.24) is 29.9 Å². The predicted molar refractivity (Wildman–Crippen MR) is 196 cm³/mol. The van der Waals surface area contributed by atoms with Gasteiger partial charge in [0.1, 0.15) is 47.4 Å². The molecule has 8 rings (SSSR count). The van der Waals surface area contributed by atoms with Crippen LogP contribution in [0, 0.1) is 29.4 Å². The first-order chi connectivity index (χ1) is 27.3. The zero-order chi connectivity index (χ0) is 41.6. The van der Waals surface area contributed by atoms with Gasteiger partial charge in [0.05, 0.1) is 27.9 Å². The molecule has 5 aromatic rings. The van der Waals surface area contributed by atoms with Crippen LogP contribution in [0.1, 0.15) is 64.6 Å². The molecule has 4 N–H and O–H groups in total. The average Bonchev–Trinajstić information content (AvgIpc) is 3.36. The van der Waals surface area contributed by atoms with Crippen LogP contribution in [0.15, 0.2) is 42.5 Å². The van der Waals surface area contributed by atoms with Crippen LogP contribution in [0.2, 0.25) is 5.02 Å². The molecule has 1 unspecified atom stereocenters. The molecular weight excluding hydrogens is 818 g/mol. The van der Waals surface area contributed by atoms with Gasteiger partial charge in [-0.05, 0) is 60.6 Å². The molecule has 5 atom stereocenters. The Balaban J connectivity index is 1.42. The van der Waals surface area contributed by atoms with Crippen LogP contribution in [0.3, 0.4) is 0 Å². The number of alkyl halides is 4. The number of hydrogen-bond acceptors (Lipinski definition) is 8. The number of anilines is 1. The van der Waals surface area contributed by atoms with E-state index in [9.17, 15) is 35.6 Å². The number of aryl methyl sites for hydroxylation is 1. The van der Waals surface area contributed by atoms with Crippen molar-refractivity contribution in [1.29, 1.82) is 0 Å². The van der Waals surface area contributed by atoms with Crippen LogP contribution >= 0.6 is 11.6 Å². The lowest BCUT2D eigenvalue weighted by Crippen LogP contribution is -2.37. The molecule has 3 aliphatic rings. The Bertz CT molecular complexity index is 2730. The van der Waals surface area contributed by atoms with Crippen LogP contribution in [0.25, 0.3) is 22.0 Å². The summed E-state index contributed by atoms with van der Waals surface area (Å²) in [5.41, 5.74) is 4.07. The third-order valence-corrected chi connectivity index (χ3v) is 11.2. The summed E-state index contributed by atoms with van der Waals surface area (Å²) in [6.45, 7) is -0.103. The second-order valence-corrected chi connectivity index (χ2v) is 16.4. The highest BCUT2D eigenvalue weighted by Gasteiger charge is 2.67. The first-order valence-corrected chi connectivity index (χ1v) is 19.7. The van der Waals surface area contributed by atoms with Gasteiger partial charge in [-0.15, -0.1) is 0 Å². The molecule has 1 aliphatic heterocycles. The standard InChI is InChI=1S/C37H29ClF6N8O5S/c1-51-30-21(7-8-25(38)27(30)35(49-51)50-58(2,55)56)20-6-5-18(3-4-19-14-57-36(54)47-19)46-28(20)23(11-15-9-16(39)12-17(40)10-15)31(34(45)53)52-32-26(29(48-52)33(41)42)22-13-24(22)37(32,43)44/h5-10,12,19,22-24,31,33H,11,13-14H2,1-2H3,(H2,45,53)(H,47,54)(H,49,50)/t19-,22+,23-,24-,31?/m1/s1. The molecule has 13 nitrogen and oxygen atoms in total. The number of alkyl carbamates (subject to hydrolysis) is 1. The number of primary amides is 1. The fourth-order valence-electron chi connectivity index (χ4n) is 7.97. The minimum absolute atomic E-state index is 0.0151. The summed E-state index contributed by atoms with van der Waals surface area (Å²) in [4.78, 5) is 30.2. The van der Waals surface area contributed by atoms with E-state index in [0.29, 0.717) is 10.7 Å². The Morgan fingerprint density at radius 2 is 1.83 bits per heavy atom. The van der Waals surface area contributed by atoms with Gasteiger partial charge in [-0.2, -0.15) is 19.0 Å². The summed E-state index contributed by atoms with van der Waals surface area (Å²) in [5.74, 6) is -5.50. The third kappa shape index (κ3) is 6.85. The van der Waals surface area contributed by atoms with E-state index >= 15 is 8.78 Å². The molecule has 3 aromatic heterocycles. The molecule has 2 aromatic carbocycles. The number of ether oxygens (including phenoxy) is 1. The van der Waals surface area contributed by atoms with Gasteiger partial charge in [-0.3, -0.25) is 14.2 Å². The monoisotopic (exact) mass is 846 g/mol. The number of amides is 2. The van der Waals surface area contributed by atoms with Gasteiger partial charge in [-0.1, -0.05) is 23.6 Å². The predicted octanol–water partition coefficient (Wildman–Crippen LogP) is 5.79. The molecule has 0 spiro atoms. The van der Waals surface area contributed by atoms with Crippen molar-refractivity contribution in [3.8, 4) is 23.0 Å². The van der Waals surface area contributed by atoms with Gasteiger partial charge in [0.15, 0.2) is 5.82 Å². The summed E-state index contributed by atoms with van der Waals surface area (Å²) in [6, 6.07) is 5.51. The van der Waals surface area contributed by atoms with E-state index in [1.54, 1.807) is 0 Å². The van der Waals surface area contributed by atoms with Gasteiger partial charge < -0.3 is 15.8 Å². The van der Waals surface area contributed by atoms with E-state index in [1.165, 1.54) is 36.0 Å². The summed E-state index contributed by atoms with van der Waals surface area (Å²) in [5, 5.41) is 10.9. The second kappa shape index (κ2) is 13.9. The number of rotatable bonds is 10. The van der Waals surface area contributed by atoms with Gasteiger partial charge in [-0.25, -0.2) is 40.4 Å². The molecule has 0 radical (unpaired) electrons. The fraction of sp³-hybridized carbons (Fsp3) is 0.324. The lowest BCUT2D eigenvalue weighted by Gasteiger charge is -2.29. The van der Waals surface area contributed by atoms with E-state index in [4.69, 9.17) is 27.1 Å². The van der Waals surface area contributed by atoms with Crippen molar-refractivity contribution in [3.05, 3.63) is 93.0 Å². The molecule has 302 valence electrons. The number of nitrogens with two attached hydrogens (primary N) is 1. The number of carbonyl (C=O) groups is 2. The molecule has 4 heterocycles. The van der Waals surface area contributed by atoms with Crippen molar-refractivity contribution in [3.63, 3.8) is 0 Å². The van der Waals surface area contributed by atoms with Gasteiger partial charge in [0.2, 0.25) is 15.9 Å². The summed E-state index contributed by atoms with van der Waals surface area (Å²) in [7, 11) is -2.41. The normalized spacial score (nSPS) is 20.2. The van der Waals surface area contributed by atoms with Crippen molar-refractivity contribution in [2.24, 2.45) is 18.7 Å². The SMILES string of the molecule is Cn1nc(NS(C)(=O)=O)c2c(Cl)ccc(-c3ccc(C#C[C@@H]4COC(=O)N4)nc3[C@@H](Cc3cc(F)cc(F)c3)C(C(N)=O)n3nc(C(F)F)c4c3C(F)(F)[C@@H]3C[C@H]43)c21. The Kier molecular flexibility index (Phi) is 9.38. The zero-order valence-electron chi connectivity index (χ0n) is 30.0. The first-order valence-electron chi connectivity index (χ1n) is 17.4. The molecule has 58 heavy (non-hydrogen) atoms. The van der Waals surface area contributed by atoms with E-state index < -0.39 is 93.7 Å². The summed E-state index contributed by atoms with van der Waals surface area (Å²) >= 11 is 6.60. The molecule has 0 bridgehead atoms. The maximum Gasteiger partial charge on any atom is 0.408 e. The first kappa shape index (κ1) is 39.0. The topological polar surface area (TPSA) is 176 Å². The van der Waals surface area contributed by atoms with E-state index in [-0.39, 0.29) is 68.4 Å². The Morgan fingerprint density at radius 1 is 1.12 bits per heavy atom. The van der Waals surface area contributed by atoms with E-state index in [0.717, 1.165) is 18.4 Å². The van der Waals surface area contributed by atoms with Crippen LogP contribution in [0.4, 0.5) is 37.0 Å². The van der Waals surface area contributed by atoms with Crippen LogP contribution in [-0.4, -0.2) is 63.9 Å². The lowest BCUT2D eigenvalue weighted by atomic mass is 9.84. The Morgan fingerprint density at radius 3 is 2.47 bits per heavy atom. The summed E-state index contributed by atoms with van der Waals surface area (Å²) < 4.78 is 124. The molecule has 1 saturated heterocycles. The number of hydrogen-bond donors (Lipinski definition) is 3. The highest BCUT2D eigenvalue weighted by molar-refractivity contribution is 7.92. The van der Waals surface area contributed by atoms with Crippen LogP contribution in [0.5, 0.6) is 0 Å². The number of nitrogens with zero attached hydrogens (tertiary/aromatic N) is 5. The molecular formula is C37H29ClF6N8O5S. The van der Waals surface area contributed by atoms with Crippen LogP contribution in [-0.2, 0) is 38.9 Å². The Hall–Kier alpha value is -5.81. The number of nitrogens with one attached hydrogen (secondary N) is 2. The quantitative estimate of drug-likeness (QED) is 0.117. The van der Waals surface area contributed by atoms with E-state index in [2.05, 4.69) is 32.1 Å². The Labute approximate surface area is 329 Å². The second-order valence-electron chi connectivity index (χ2n) is 14.3. The number of cyclic esters (lactones) is 1. The third-order valence-electron chi connectivity index (χ3n) is 10.3. The minimum atomic E-state index is -3.89. The molecule has 2 fully saturated rings. The highest BCUT2D eigenvalue weighted by atomic mass is 35.5. The number of aromatic nitrogens is 5. The number of pyridine rings is 1. The number of sulfonamides is 1. The fourth-order valence-corrected chi connectivity index (χ4v) is 8.70. The maximum absolute atomic E-state index is 16.1. The summed E-state index contributed by atoms with van der Waals surface area (Å²) in [6.07, 6.45) is -3.76. The molecule has 2 aliphatic carbocycles. The minimum Gasteiger partial charge on any atom is -0.446 e. The number of benzene rings is 2. The smallest absolute Gasteiger partial charge is 0.408 e. The number of fused-ring (bicyclic) bond motifs is 4. The van der Waals surface area contributed by atoms with Gasteiger partial charge in [0, 0.05) is 41.6 Å². The zero-order valence-corrected chi connectivity index (χ0v) is 31.6. The molecule has 1 saturated carbocycles. The highest BCUT2D eigenvalue weighted by Crippen LogP contribution is 2.68. The van der Waals surface area contributed by atoms with Crippen molar-refractivity contribution >= 4 is 50.3 Å². The van der Waals surface area contributed by atoms with Gasteiger partial charge >= 0.3 is 6.09 Å². The van der Waals surface area contributed by atoms with E-state index in [1.807, 2.05) is 0 Å². The van der Waals surface area contributed by atoms with Crippen molar-refractivity contribution in [2.75, 3.05) is 17.6 Å². The molecule has 21 heteroatoms. The van der Waals surface area contributed by atoms with Crippen molar-refractivity contribution < 1.29 is 49.1 Å². The molecule has 2 amide bonds. The number of carbonyl (C=O) groups excluding carboxylic acids is 2. The largest absolute Gasteiger partial charge is 0.446 e. The van der Waals surface area contributed by atoms with Crippen molar-refractivity contribution in [2.45, 2.75) is 49.1 Å². The van der Waals surface area contributed by atoms with Crippen LogP contribution < -0.4 is 15.8 Å². The van der Waals surface area contributed by atoms with Gasteiger partial charge in [0.25, 0.3) is 12.3 Å². The lowest BCUT2D eigenvalue weighted by molar-refractivity contribution is -0.122. The number of halogens is 7. The maximum atomic E-state index is 16.1. The average molecular weight is 847 g/mol.